The van der Waals surface area contributed by atoms with Crippen molar-refractivity contribution in [1.82, 2.24) is 20.2 Å². The van der Waals surface area contributed by atoms with Gasteiger partial charge in [-0.15, -0.1) is 5.10 Å². The van der Waals surface area contributed by atoms with Crippen LogP contribution in [-0.4, -0.2) is 27.3 Å². The maximum Gasteiger partial charge on any atom is 0.226 e. The fourth-order valence-corrected chi connectivity index (χ4v) is 2.57. The molecular formula is C15H16N4O2S. The SMILES string of the molecule is CCc1nc(SCc2coc(-c3ccc(OC)cc3)n2)n[nH]1. The number of thioether (sulfide) groups is 1. The first-order valence-corrected chi connectivity index (χ1v) is 7.90. The number of aryl methyl sites for hydroxylation is 1. The van der Waals surface area contributed by atoms with Crippen molar-refractivity contribution >= 4 is 11.8 Å². The van der Waals surface area contributed by atoms with Crippen LogP contribution < -0.4 is 4.74 Å². The monoisotopic (exact) mass is 316 g/mol. The van der Waals surface area contributed by atoms with Crippen LogP contribution in [0.2, 0.25) is 0 Å². The van der Waals surface area contributed by atoms with Crippen LogP contribution in [0.5, 0.6) is 5.75 Å². The number of H-pyrrole nitrogens is 1. The molecule has 0 bridgehead atoms. The Morgan fingerprint density at radius 1 is 1.23 bits per heavy atom. The number of aromatic amines is 1. The van der Waals surface area contributed by atoms with Crippen LogP contribution in [0.1, 0.15) is 18.4 Å². The van der Waals surface area contributed by atoms with Gasteiger partial charge in [-0.05, 0) is 24.3 Å². The molecule has 114 valence electrons. The minimum atomic E-state index is 0.600. The summed E-state index contributed by atoms with van der Waals surface area (Å²) in [5.74, 6) is 2.96. The van der Waals surface area contributed by atoms with Crippen LogP contribution in [0.3, 0.4) is 0 Å². The average molecular weight is 316 g/mol. The molecule has 3 rings (SSSR count). The van der Waals surface area contributed by atoms with Gasteiger partial charge in [0.05, 0.1) is 12.8 Å². The Morgan fingerprint density at radius 3 is 2.73 bits per heavy atom. The van der Waals surface area contributed by atoms with E-state index < -0.39 is 0 Å². The summed E-state index contributed by atoms with van der Waals surface area (Å²) in [4.78, 5) is 8.84. The summed E-state index contributed by atoms with van der Waals surface area (Å²) < 4.78 is 10.7. The molecule has 0 radical (unpaired) electrons. The van der Waals surface area contributed by atoms with Gasteiger partial charge in [0, 0.05) is 17.7 Å². The summed E-state index contributed by atoms with van der Waals surface area (Å²) in [6, 6.07) is 7.61. The van der Waals surface area contributed by atoms with Gasteiger partial charge in [-0.1, -0.05) is 18.7 Å². The minimum absolute atomic E-state index is 0.600. The molecular weight excluding hydrogens is 300 g/mol. The molecule has 0 unspecified atom stereocenters. The van der Waals surface area contributed by atoms with E-state index in [1.54, 1.807) is 13.4 Å². The van der Waals surface area contributed by atoms with Gasteiger partial charge in [-0.25, -0.2) is 9.97 Å². The lowest BCUT2D eigenvalue weighted by Crippen LogP contribution is -1.85. The number of nitrogens with zero attached hydrogens (tertiary/aromatic N) is 3. The first-order valence-electron chi connectivity index (χ1n) is 6.91. The number of ether oxygens (including phenoxy) is 1. The average Bonchev–Trinajstić information content (AvgIpc) is 3.22. The lowest BCUT2D eigenvalue weighted by atomic mass is 10.2. The molecule has 0 spiro atoms. The van der Waals surface area contributed by atoms with Gasteiger partial charge >= 0.3 is 0 Å². The molecule has 0 fully saturated rings. The fourth-order valence-electron chi connectivity index (χ4n) is 1.88. The second-order valence-electron chi connectivity index (χ2n) is 4.58. The van der Waals surface area contributed by atoms with Crippen molar-refractivity contribution in [3.8, 4) is 17.2 Å². The van der Waals surface area contributed by atoms with E-state index in [-0.39, 0.29) is 0 Å². The molecule has 1 N–H and O–H groups in total. The predicted octanol–water partition coefficient (Wildman–Crippen LogP) is 3.32. The Morgan fingerprint density at radius 2 is 2.05 bits per heavy atom. The van der Waals surface area contributed by atoms with Gasteiger partial charge in [0.15, 0.2) is 0 Å². The summed E-state index contributed by atoms with van der Waals surface area (Å²) in [5, 5.41) is 7.76. The molecule has 1 aromatic carbocycles. The van der Waals surface area contributed by atoms with Gasteiger partial charge in [0.1, 0.15) is 17.8 Å². The molecule has 0 amide bonds. The standard InChI is InChI=1S/C15H16N4O2S/c1-3-13-17-15(19-18-13)22-9-11-8-21-14(16-11)10-4-6-12(20-2)7-5-10/h4-8H,3,9H2,1-2H3,(H,17,18,19). The summed E-state index contributed by atoms with van der Waals surface area (Å²) >= 11 is 1.53. The van der Waals surface area contributed by atoms with E-state index in [9.17, 15) is 0 Å². The highest BCUT2D eigenvalue weighted by atomic mass is 32.2. The van der Waals surface area contributed by atoms with E-state index in [4.69, 9.17) is 9.15 Å². The van der Waals surface area contributed by atoms with Crippen LogP contribution >= 0.6 is 11.8 Å². The van der Waals surface area contributed by atoms with Crippen molar-refractivity contribution < 1.29 is 9.15 Å². The minimum Gasteiger partial charge on any atom is -0.497 e. The normalized spacial score (nSPS) is 10.8. The van der Waals surface area contributed by atoms with E-state index in [0.29, 0.717) is 11.6 Å². The number of rotatable bonds is 6. The molecule has 6 nitrogen and oxygen atoms in total. The third kappa shape index (κ3) is 3.30. The number of hydrogen-bond donors (Lipinski definition) is 1. The summed E-state index contributed by atoms with van der Waals surface area (Å²) in [6.07, 6.45) is 2.51. The molecule has 0 saturated carbocycles. The summed E-state index contributed by atoms with van der Waals surface area (Å²) in [6.45, 7) is 2.04. The third-order valence-corrected chi connectivity index (χ3v) is 3.96. The van der Waals surface area contributed by atoms with Crippen LogP contribution in [0.25, 0.3) is 11.5 Å². The quantitative estimate of drug-likeness (QED) is 0.703. The van der Waals surface area contributed by atoms with Crippen LogP contribution in [0, 0.1) is 0 Å². The highest BCUT2D eigenvalue weighted by molar-refractivity contribution is 7.98. The maximum absolute atomic E-state index is 5.53. The van der Waals surface area contributed by atoms with E-state index in [1.165, 1.54) is 11.8 Å². The highest BCUT2D eigenvalue weighted by Crippen LogP contribution is 2.24. The van der Waals surface area contributed by atoms with Gasteiger partial charge in [-0.3, -0.25) is 5.10 Å². The molecule has 2 heterocycles. The lowest BCUT2D eigenvalue weighted by molar-refractivity contribution is 0.415. The van der Waals surface area contributed by atoms with E-state index in [1.807, 2.05) is 31.2 Å². The Labute approximate surface area is 132 Å². The molecule has 0 aliphatic heterocycles. The zero-order chi connectivity index (χ0) is 15.4. The van der Waals surface area contributed by atoms with Crippen LogP contribution in [-0.2, 0) is 12.2 Å². The smallest absolute Gasteiger partial charge is 0.226 e. The van der Waals surface area contributed by atoms with E-state index in [0.717, 1.165) is 34.4 Å². The van der Waals surface area contributed by atoms with Gasteiger partial charge < -0.3 is 9.15 Å². The molecule has 3 aromatic rings. The fraction of sp³-hybridized carbons (Fsp3) is 0.267. The number of hydrogen-bond acceptors (Lipinski definition) is 6. The zero-order valence-electron chi connectivity index (χ0n) is 12.4. The first kappa shape index (κ1) is 14.6. The van der Waals surface area contributed by atoms with E-state index >= 15 is 0 Å². The molecule has 2 aromatic heterocycles. The van der Waals surface area contributed by atoms with Crippen molar-refractivity contribution in [2.45, 2.75) is 24.3 Å². The summed E-state index contributed by atoms with van der Waals surface area (Å²) in [7, 11) is 1.64. The van der Waals surface area contributed by atoms with Crippen molar-refractivity contribution in [1.29, 1.82) is 0 Å². The van der Waals surface area contributed by atoms with Crippen molar-refractivity contribution in [2.24, 2.45) is 0 Å². The van der Waals surface area contributed by atoms with Crippen LogP contribution in [0.4, 0.5) is 0 Å². The Kier molecular flexibility index (Phi) is 4.43. The van der Waals surface area contributed by atoms with Crippen molar-refractivity contribution in [3.05, 3.63) is 42.0 Å². The number of nitrogens with one attached hydrogen (secondary N) is 1. The second-order valence-corrected chi connectivity index (χ2v) is 5.52. The molecule has 0 saturated heterocycles. The second kappa shape index (κ2) is 6.65. The molecule has 7 heteroatoms. The largest absolute Gasteiger partial charge is 0.497 e. The van der Waals surface area contributed by atoms with Gasteiger partial charge in [-0.2, -0.15) is 0 Å². The number of methoxy groups -OCH3 is 1. The Bertz CT molecular complexity index is 736. The predicted molar refractivity (Wildman–Crippen MR) is 83.8 cm³/mol. The van der Waals surface area contributed by atoms with Gasteiger partial charge in [0.2, 0.25) is 11.0 Å². The molecule has 0 aliphatic rings. The Balaban J connectivity index is 1.65. The van der Waals surface area contributed by atoms with Crippen LogP contribution in [0.15, 0.2) is 40.1 Å². The topological polar surface area (TPSA) is 76.8 Å². The number of oxazole rings is 1. The van der Waals surface area contributed by atoms with E-state index in [2.05, 4.69) is 20.2 Å². The molecule has 0 aliphatic carbocycles. The zero-order valence-corrected chi connectivity index (χ0v) is 13.2. The highest BCUT2D eigenvalue weighted by Gasteiger charge is 2.09. The Hall–Kier alpha value is -2.28. The first-order chi connectivity index (χ1) is 10.8. The van der Waals surface area contributed by atoms with Gasteiger partial charge in [0.25, 0.3) is 0 Å². The maximum atomic E-state index is 5.53. The molecule has 0 atom stereocenters. The third-order valence-electron chi connectivity index (χ3n) is 3.08. The lowest BCUT2D eigenvalue weighted by Gasteiger charge is -1.99. The number of benzene rings is 1. The summed E-state index contributed by atoms with van der Waals surface area (Å²) in [5.41, 5.74) is 1.78. The molecule has 22 heavy (non-hydrogen) atoms. The number of aromatic nitrogens is 4. The van der Waals surface area contributed by atoms with Crippen molar-refractivity contribution in [3.63, 3.8) is 0 Å². The van der Waals surface area contributed by atoms with Crippen molar-refractivity contribution in [2.75, 3.05) is 7.11 Å².